The molecule has 1 aromatic carbocycles. The zero-order chi connectivity index (χ0) is 17.5. The highest BCUT2D eigenvalue weighted by Gasteiger charge is 2.33. The Hall–Kier alpha value is -2.87. The van der Waals surface area contributed by atoms with Crippen LogP contribution in [-0.4, -0.2) is 41.5 Å². The second-order valence-corrected chi connectivity index (χ2v) is 5.55. The van der Waals surface area contributed by atoms with E-state index < -0.39 is 17.8 Å². The molecule has 0 atom stereocenters. The first-order valence-corrected chi connectivity index (χ1v) is 7.71. The van der Waals surface area contributed by atoms with Gasteiger partial charge in [0.1, 0.15) is 0 Å². The van der Waals surface area contributed by atoms with Gasteiger partial charge in [0.05, 0.1) is 12.0 Å². The second-order valence-electron chi connectivity index (χ2n) is 4.54. The van der Waals surface area contributed by atoms with Crippen molar-refractivity contribution >= 4 is 34.7 Å². The summed E-state index contributed by atoms with van der Waals surface area (Å²) in [5, 5.41) is 4.23. The SMILES string of the molecule is C=CCN1C(=O)/C(=C/C(=O)OC)S/C1=N/NC(=O)c1ccccc1. The molecule has 0 bridgehead atoms. The topological polar surface area (TPSA) is 88.1 Å². The van der Waals surface area contributed by atoms with Crippen LogP contribution in [0.5, 0.6) is 0 Å². The van der Waals surface area contributed by atoms with Gasteiger partial charge in [0, 0.05) is 18.2 Å². The molecule has 1 heterocycles. The highest BCUT2D eigenvalue weighted by Crippen LogP contribution is 2.30. The molecule has 1 aliphatic rings. The number of hydrogen-bond donors (Lipinski definition) is 1. The van der Waals surface area contributed by atoms with Gasteiger partial charge >= 0.3 is 5.97 Å². The summed E-state index contributed by atoms with van der Waals surface area (Å²) in [7, 11) is 1.22. The maximum Gasteiger partial charge on any atom is 0.331 e. The van der Waals surface area contributed by atoms with Crippen LogP contribution in [0.2, 0.25) is 0 Å². The first kappa shape index (κ1) is 17.5. The molecule has 1 saturated heterocycles. The molecule has 0 spiro atoms. The van der Waals surface area contributed by atoms with Crippen molar-refractivity contribution in [3.05, 3.63) is 59.5 Å². The van der Waals surface area contributed by atoms with Gasteiger partial charge in [-0.05, 0) is 23.9 Å². The standard InChI is InChI=1S/C16H15N3O4S/c1-3-9-19-15(22)12(10-13(20)23-2)24-16(19)18-17-14(21)11-7-5-4-6-8-11/h3-8,10H,1,9H2,2H3,(H,17,21)/b12-10-,18-16+. The molecule has 1 aromatic rings. The third-order valence-corrected chi connectivity index (χ3v) is 3.95. The van der Waals surface area contributed by atoms with Crippen molar-refractivity contribution in [3.63, 3.8) is 0 Å². The smallest absolute Gasteiger partial charge is 0.331 e. The zero-order valence-electron chi connectivity index (χ0n) is 12.9. The molecule has 0 aliphatic carbocycles. The first-order valence-electron chi connectivity index (χ1n) is 6.90. The molecule has 24 heavy (non-hydrogen) atoms. The number of hydrogen-bond acceptors (Lipinski definition) is 6. The Morgan fingerprint density at radius 2 is 2.08 bits per heavy atom. The fourth-order valence-corrected chi connectivity index (χ4v) is 2.71. The Kier molecular flexibility index (Phi) is 5.91. The lowest BCUT2D eigenvalue weighted by Crippen LogP contribution is -2.31. The third kappa shape index (κ3) is 4.11. The van der Waals surface area contributed by atoms with Crippen molar-refractivity contribution in [2.75, 3.05) is 13.7 Å². The summed E-state index contributed by atoms with van der Waals surface area (Å²) in [6.45, 7) is 3.78. The van der Waals surface area contributed by atoms with E-state index in [1.807, 2.05) is 0 Å². The lowest BCUT2D eigenvalue weighted by atomic mass is 10.2. The summed E-state index contributed by atoms with van der Waals surface area (Å²) in [6.07, 6.45) is 2.61. The molecular formula is C16H15N3O4S. The fourth-order valence-electron chi connectivity index (χ4n) is 1.80. The van der Waals surface area contributed by atoms with Crippen LogP contribution in [0.1, 0.15) is 10.4 Å². The number of methoxy groups -OCH3 is 1. The van der Waals surface area contributed by atoms with Gasteiger partial charge in [0.25, 0.3) is 11.8 Å². The summed E-state index contributed by atoms with van der Waals surface area (Å²) in [5.74, 6) is -1.45. The van der Waals surface area contributed by atoms with E-state index in [-0.39, 0.29) is 16.6 Å². The van der Waals surface area contributed by atoms with Crippen molar-refractivity contribution in [1.82, 2.24) is 10.3 Å². The number of rotatable bonds is 5. The van der Waals surface area contributed by atoms with Crippen molar-refractivity contribution < 1.29 is 19.1 Å². The van der Waals surface area contributed by atoms with Crippen LogP contribution < -0.4 is 5.43 Å². The van der Waals surface area contributed by atoms with Gasteiger partial charge in [-0.25, -0.2) is 10.2 Å². The number of benzene rings is 1. The number of ether oxygens (including phenoxy) is 1. The Labute approximate surface area is 143 Å². The van der Waals surface area contributed by atoms with Crippen LogP contribution >= 0.6 is 11.8 Å². The van der Waals surface area contributed by atoms with Crippen molar-refractivity contribution in [1.29, 1.82) is 0 Å². The summed E-state index contributed by atoms with van der Waals surface area (Å²) >= 11 is 0.972. The van der Waals surface area contributed by atoms with Crippen molar-refractivity contribution in [2.24, 2.45) is 5.10 Å². The second kappa shape index (κ2) is 8.11. The number of amides is 2. The number of amidine groups is 1. The summed E-state index contributed by atoms with van der Waals surface area (Å²) in [6, 6.07) is 8.55. The van der Waals surface area contributed by atoms with E-state index in [0.717, 1.165) is 17.8 Å². The van der Waals surface area contributed by atoms with Gasteiger partial charge in [-0.1, -0.05) is 24.3 Å². The number of nitrogens with one attached hydrogen (secondary N) is 1. The molecule has 0 radical (unpaired) electrons. The van der Waals surface area contributed by atoms with E-state index in [1.54, 1.807) is 30.3 Å². The van der Waals surface area contributed by atoms with Crippen LogP contribution in [0.3, 0.4) is 0 Å². The minimum atomic E-state index is -0.640. The number of carbonyl (C=O) groups excluding carboxylic acids is 3. The monoisotopic (exact) mass is 345 g/mol. The number of carbonyl (C=O) groups is 3. The lowest BCUT2D eigenvalue weighted by molar-refractivity contribution is -0.135. The lowest BCUT2D eigenvalue weighted by Gasteiger charge is -2.12. The average molecular weight is 345 g/mol. The van der Waals surface area contributed by atoms with Gasteiger partial charge < -0.3 is 4.74 Å². The Morgan fingerprint density at radius 3 is 2.71 bits per heavy atom. The molecule has 0 aromatic heterocycles. The predicted molar refractivity (Wildman–Crippen MR) is 90.9 cm³/mol. The zero-order valence-corrected chi connectivity index (χ0v) is 13.7. The maximum absolute atomic E-state index is 12.3. The van der Waals surface area contributed by atoms with Gasteiger partial charge in [0.15, 0.2) is 5.17 Å². The largest absolute Gasteiger partial charge is 0.466 e. The predicted octanol–water partition coefficient (Wildman–Crippen LogP) is 1.51. The highest BCUT2D eigenvalue weighted by molar-refractivity contribution is 8.18. The van der Waals surface area contributed by atoms with Crippen LogP contribution in [-0.2, 0) is 14.3 Å². The van der Waals surface area contributed by atoms with Crippen molar-refractivity contribution in [3.8, 4) is 0 Å². The summed E-state index contributed by atoms with van der Waals surface area (Å²) in [5.41, 5.74) is 2.84. The van der Waals surface area contributed by atoms with E-state index >= 15 is 0 Å². The van der Waals surface area contributed by atoms with E-state index in [1.165, 1.54) is 18.1 Å². The van der Waals surface area contributed by atoms with Crippen LogP contribution in [0.15, 0.2) is 59.1 Å². The molecule has 1 N–H and O–H groups in total. The maximum atomic E-state index is 12.3. The first-order chi connectivity index (χ1) is 11.6. The average Bonchev–Trinajstić information content (AvgIpc) is 2.89. The fraction of sp³-hybridized carbons (Fsp3) is 0.125. The molecule has 7 nitrogen and oxygen atoms in total. The van der Waals surface area contributed by atoms with Gasteiger partial charge in [-0.2, -0.15) is 0 Å². The molecule has 0 saturated carbocycles. The molecule has 2 rings (SSSR count). The Morgan fingerprint density at radius 1 is 1.38 bits per heavy atom. The number of esters is 1. The molecule has 124 valence electrons. The quantitative estimate of drug-likeness (QED) is 0.378. The van der Waals surface area contributed by atoms with Crippen LogP contribution in [0.4, 0.5) is 0 Å². The van der Waals surface area contributed by atoms with E-state index in [9.17, 15) is 14.4 Å². The summed E-state index contributed by atoms with van der Waals surface area (Å²) < 4.78 is 4.52. The van der Waals surface area contributed by atoms with Gasteiger partial charge in [0.2, 0.25) is 0 Å². The van der Waals surface area contributed by atoms with E-state index in [4.69, 9.17) is 0 Å². The molecule has 2 amide bonds. The van der Waals surface area contributed by atoms with E-state index in [2.05, 4.69) is 21.8 Å². The molecular weight excluding hydrogens is 330 g/mol. The molecule has 8 heteroatoms. The van der Waals surface area contributed by atoms with Gasteiger partial charge in [-0.3, -0.25) is 14.5 Å². The minimum absolute atomic E-state index is 0.163. The normalized spacial score (nSPS) is 17.2. The van der Waals surface area contributed by atoms with Crippen LogP contribution in [0, 0.1) is 0 Å². The van der Waals surface area contributed by atoms with Gasteiger partial charge in [-0.15, -0.1) is 11.7 Å². The molecule has 1 fully saturated rings. The molecule has 0 unspecified atom stereocenters. The summed E-state index contributed by atoms with van der Waals surface area (Å²) in [4.78, 5) is 37.1. The Bertz CT molecular complexity index is 728. The number of nitrogens with zero attached hydrogens (tertiary/aromatic N) is 2. The minimum Gasteiger partial charge on any atom is -0.466 e. The van der Waals surface area contributed by atoms with Crippen LogP contribution in [0.25, 0.3) is 0 Å². The van der Waals surface area contributed by atoms with E-state index in [0.29, 0.717) is 5.56 Å². The Balaban J connectivity index is 2.18. The number of hydrazone groups is 1. The number of thioether (sulfide) groups is 1. The molecule has 1 aliphatic heterocycles. The van der Waals surface area contributed by atoms with Crippen molar-refractivity contribution in [2.45, 2.75) is 0 Å². The highest BCUT2D eigenvalue weighted by atomic mass is 32.2. The third-order valence-electron chi connectivity index (χ3n) is 2.94.